The van der Waals surface area contributed by atoms with Crippen molar-refractivity contribution in [2.24, 2.45) is 10.1 Å². The summed E-state index contributed by atoms with van der Waals surface area (Å²) in [5, 5.41) is 19.7. The Morgan fingerprint density at radius 2 is 2.16 bits per heavy atom. The van der Waals surface area contributed by atoms with Gasteiger partial charge in [-0.15, -0.1) is 17.9 Å². The van der Waals surface area contributed by atoms with E-state index in [4.69, 9.17) is 4.74 Å². The van der Waals surface area contributed by atoms with Crippen LogP contribution in [0, 0.1) is 0 Å². The average Bonchev–Trinajstić information content (AvgIpc) is 3.15. The topological polar surface area (TPSA) is 88.2 Å². The first-order valence-corrected chi connectivity index (χ1v) is 11.5. The first-order chi connectivity index (χ1) is 15.0. The highest BCUT2D eigenvalue weighted by Crippen LogP contribution is 2.33. The van der Waals surface area contributed by atoms with E-state index in [0.717, 1.165) is 15.7 Å². The molecular formula is C21H16Br2N4O3S. The third-order valence-corrected chi connectivity index (χ3v) is 6.24. The highest BCUT2D eigenvalue weighted by molar-refractivity contribution is 9.11. The number of thiazole rings is 1. The summed E-state index contributed by atoms with van der Waals surface area (Å²) in [5.74, 6) is 0.509. The second-order valence-corrected chi connectivity index (χ2v) is 9.07. The predicted octanol–water partition coefficient (Wildman–Crippen LogP) is 4.75. The molecule has 7 nitrogen and oxygen atoms in total. The number of fused-ring (bicyclic) bond motifs is 1. The van der Waals surface area contributed by atoms with Crippen molar-refractivity contribution in [3.8, 4) is 22.8 Å². The molecule has 31 heavy (non-hydrogen) atoms. The number of phenolic OH excluding ortho intramolecular Hbond substituents is 1. The van der Waals surface area contributed by atoms with E-state index in [-0.39, 0.29) is 18.3 Å². The number of ether oxygens (including phenoxy) is 1. The maximum absolute atomic E-state index is 11.7. The first-order valence-electron chi connectivity index (χ1n) is 9.07. The van der Waals surface area contributed by atoms with Crippen LogP contribution in [0.15, 0.2) is 67.4 Å². The van der Waals surface area contributed by atoms with Crippen LogP contribution in [0.1, 0.15) is 5.56 Å². The fourth-order valence-electron chi connectivity index (χ4n) is 2.91. The van der Waals surface area contributed by atoms with E-state index in [9.17, 15) is 9.90 Å². The summed E-state index contributed by atoms with van der Waals surface area (Å²) in [6.45, 7) is 4.16. The number of nitrogens with one attached hydrogen (secondary N) is 1. The lowest BCUT2D eigenvalue weighted by molar-refractivity contribution is -0.118. The van der Waals surface area contributed by atoms with Crippen molar-refractivity contribution in [3.05, 3.63) is 67.7 Å². The fraction of sp³-hybridized carbons (Fsp3) is 0.0952. The molecule has 0 atom stereocenters. The van der Waals surface area contributed by atoms with Crippen LogP contribution in [-0.2, 0) is 4.79 Å². The van der Waals surface area contributed by atoms with E-state index in [0.29, 0.717) is 32.8 Å². The van der Waals surface area contributed by atoms with Crippen molar-refractivity contribution < 1.29 is 14.6 Å². The first kappa shape index (κ1) is 21.5. The van der Waals surface area contributed by atoms with E-state index in [2.05, 4.69) is 53.8 Å². The van der Waals surface area contributed by atoms with Gasteiger partial charge in [-0.25, -0.2) is 4.68 Å². The van der Waals surface area contributed by atoms with Crippen LogP contribution < -0.4 is 14.9 Å². The minimum Gasteiger partial charge on any atom is -0.506 e. The number of carbonyl (C=O) groups excluding carboxylic acids is 1. The third-order valence-electron chi connectivity index (χ3n) is 4.32. The van der Waals surface area contributed by atoms with Gasteiger partial charge in [-0.3, -0.25) is 9.79 Å². The summed E-state index contributed by atoms with van der Waals surface area (Å²) in [6.07, 6.45) is 3.27. The molecule has 0 bridgehead atoms. The number of amides is 1. The molecule has 1 aliphatic rings. The summed E-state index contributed by atoms with van der Waals surface area (Å²) < 4.78 is 8.49. The van der Waals surface area contributed by atoms with E-state index < -0.39 is 0 Å². The standard InChI is InChI=1S/C21H16Br2N4O3S/c1-2-5-24-21-27(25-9-13-6-14(22)8-15(23)20(13)29)17(11-31-21)12-3-4-18-16(7-12)26-19(28)10-30-18/h2-4,6-9,11,29H,1,5,10H2,(H,26,28). The van der Waals surface area contributed by atoms with Gasteiger partial charge in [-0.2, -0.15) is 5.10 Å². The molecule has 0 radical (unpaired) electrons. The molecule has 2 N–H and O–H groups in total. The molecular weight excluding hydrogens is 548 g/mol. The molecule has 1 aromatic heterocycles. The van der Waals surface area contributed by atoms with Crippen molar-refractivity contribution in [2.45, 2.75) is 0 Å². The summed E-state index contributed by atoms with van der Waals surface area (Å²) >= 11 is 8.18. The Balaban J connectivity index is 1.81. The molecule has 2 aromatic carbocycles. The number of aromatic nitrogens is 1. The Labute approximate surface area is 198 Å². The summed E-state index contributed by atoms with van der Waals surface area (Å²) in [5.41, 5.74) is 2.75. The quantitative estimate of drug-likeness (QED) is 0.347. The van der Waals surface area contributed by atoms with Crippen molar-refractivity contribution in [2.75, 3.05) is 18.5 Å². The molecule has 4 rings (SSSR count). The van der Waals surface area contributed by atoms with Crippen LogP contribution >= 0.6 is 43.2 Å². The zero-order valence-corrected chi connectivity index (χ0v) is 20.0. The molecule has 0 unspecified atom stereocenters. The Morgan fingerprint density at radius 3 is 2.97 bits per heavy atom. The zero-order chi connectivity index (χ0) is 22.0. The number of hydrogen-bond acceptors (Lipinski definition) is 6. The van der Waals surface area contributed by atoms with Gasteiger partial charge >= 0.3 is 0 Å². The van der Waals surface area contributed by atoms with Gasteiger partial charge < -0.3 is 15.2 Å². The number of anilines is 1. The molecule has 158 valence electrons. The Kier molecular flexibility index (Phi) is 6.40. The van der Waals surface area contributed by atoms with Crippen LogP contribution in [0.3, 0.4) is 0 Å². The number of nitrogens with zero attached hydrogens (tertiary/aromatic N) is 3. The van der Waals surface area contributed by atoms with Gasteiger partial charge in [0.2, 0.25) is 4.80 Å². The summed E-state index contributed by atoms with van der Waals surface area (Å²) in [6, 6.07) is 9.07. The van der Waals surface area contributed by atoms with Crippen molar-refractivity contribution in [1.29, 1.82) is 0 Å². The summed E-state index contributed by atoms with van der Waals surface area (Å²) in [4.78, 5) is 16.9. The number of rotatable bonds is 5. The second kappa shape index (κ2) is 9.21. The molecule has 3 aromatic rings. The van der Waals surface area contributed by atoms with E-state index in [1.807, 2.05) is 23.6 Å². The SMILES string of the molecule is C=CCN=c1scc(-c2ccc3c(c2)NC(=O)CO3)n1N=Cc1cc(Br)cc(Br)c1O. The minimum absolute atomic E-state index is 0.00532. The van der Waals surface area contributed by atoms with Crippen LogP contribution in [0.25, 0.3) is 11.3 Å². The molecule has 1 aliphatic heterocycles. The smallest absolute Gasteiger partial charge is 0.262 e. The van der Waals surface area contributed by atoms with Crippen LogP contribution in [0.2, 0.25) is 0 Å². The number of aromatic hydroxyl groups is 1. The highest BCUT2D eigenvalue weighted by atomic mass is 79.9. The number of hydrogen-bond donors (Lipinski definition) is 2. The highest BCUT2D eigenvalue weighted by Gasteiger charge is 2.18. The molecule has 2 heterocycles. The lowest BCUT2D eigenvalue weighted by atomic mass is 10.1. The minimum atomic E-state index is -0.196. The van der Waals surface area contributed by atoms with E-state index in [1.54, 1.807) is 29.1 Å². The zero-order valence-electron chi connectivity index (χ0n) is 16.0. The lowest BCUT2D eigenvalue weighted by Gasteiger charge is -2.18. The largest absolute Gasteiger partial charge is 0.506 e. The van der Waals surface area contributed by atoms with Crippen LogP contribution in [0.4, 0.5) is 5.69 Å². The number of halogens is 2. The maximum atomic E-state index is 11.7. The van der Waals surface area contributed by atoms with Gasteiger partial charge in [0.15, 0.2) is 6.61 Å². The maximum Gasteiger partial charge on any atom is 0.262 e. The number of phenols is 1. The Morgan fingerprint density at radius 1 is 1.32 bits per heavy atom. The molecule has 0 aliphatic carbocycles. The van der Waals surface area contributed by atoms with Crippen LogP contribution in [-0.4, -0.2) is 35.1 Å². The lowest BCUT2D eigenvalue weighted by Crippen LogP contribution is -2.25. The molecule has 0 saturated carbocycles. The van der Waals surface area contributed by atoms with Gasteiger partial charge in [0.25, 0.3) is 5.91 Å². The molecule has 0 spiro atoms. The number of carbonyl (C=O) groups is 1. The average molecular weight is 564 g/mol. The van der Waals surface area contributed by atoms with Crippen molar-refractivity contribution >= 4 is 61.0 Å². The van der Waals surface area contributed by atoms with Gasteiger partial charge in [0, 0.05) is 21.0 Å². The van der Waals surface area contributed by atoms with E-state index >= 15 is 0 Å². The van der Waals surface area contributed by atoms with Gasteiger partial charge in [-0.1, -0.05) is 22.0 Å². The molecule has 1 amide bonds. The fourth-order valence-corrected chi connectivity index (χ4v) is 5.01. The van der Waals surface area contributed by atoms with Gasteiger partial charge in [0.1, 0.15) is 11.5 Å². The Bertz CT molecular complexity index is 1280. The summed E-state index contributed by atoms with van der Waals surface area (Å²) in [7, 11) is 0. The van der Waals surface area contributed by atoms with Gasteiger partial charge in [-0.05, 0) is 46.3 Å². The van der Waals surface area contributed by atoms with Crippen LogP contribution in [0.5, 0.6) is 11.5 Å². The predicted molar refractivity (Wildman–Crippen MR) is 129 cm³/mol. The van der Waals surface area contributed by atoms with Crippen molar-refractivity contribution in [3.63, 3.8) is 0 Å². The second-order valence-electron chi connectivity index (χ2n) is 6.46. The molecule has 10 heteroatoms. The van der Waals surface area contributed by atoms with E-state index in [1.165, 1.54) is 11.3 Å². The van der Waals surface area contributed by atoms with Gasteiger partial charge in [0.05, 0.1) is 28.6 Å². The Hall–Kier alpha value is -2.69. The molecule has 0 saturated heterocycles. The normalized spacial score (nSPS) is 13.7. The van der Waals surface area contributed by atoms with Crippen molar-refractivity contribution in [1.82, 2.24) is 4.68 Å². The third kappa shape index (κ3) is 4.65. The number of benzene rings is 2. The molecule has 0 fully saturated rings. The monoisotopic (exact) mass is 562 g/mol.